The number of quaternary nitrogens is 1. The molecule has 0 aliphatic carbocycles. The molecule has 0 spiro atoms. The maximum atomic E-state index is 12.4. The molecule has 0 radical (unpaired) electrons. The first-order valence-electron chi connectivity index (χ1n) is 10.8. The predicted molar refractivity (Wildman–Crippen MR) is 133 cm³/mol. The zero-order chi connectivity index (χ0) is 24.4. The number of phosphoric ester groups is 1. The van der Waals surface area contributed by atoms with Crippen molar-refractivity contribution < 1.29 is 28.0 Å². The molecule has 3 aromatic rings. The Labute approximate surface area is 200 Å². The molecular weight excluding hydrogens is 453 g/mol. The van der Waals surface area contributed by atoms with Gasteiger partial charge in [0, 0.05) is 5.57 Å². The lowest BCUT2D eigenvalue weighted by Crippen LogP contribution is -2.41. The van der Waals surface area contributed by atoms with E-state index in [2.05, 4.69) is 6.58 Å². The Hall–Kier alpha value is -3.06. The Kier molecular flexibility index (Phi) is 8.93. The first-order chi connectivity index (χ1) is 16.3. The van der Waals surface area contributed by atoms with Crippen LogP contribution in [0.4, 0.5) is 17.1 Å². The van der Waals surface area contributed by atoms with Gasteiger partial charge in [-0.1, -0.05) is 61.2 Å². The number of ether oxygens (including phenoxy) is 1. The quantitative estimate of drug-likeness (QED) is 0.114. The lowest BCUT2D eigenvalue weighted by Gasteiger charge is -2.37. The smallest absolute Gasteiger partial charge is 0.460 e. The number of para-hydroxylation sites is 3. The summed E-state index contributed by atoms with van der Waals surface area (Å²) < 4.78 is 27.9. The first-order valence-corrected chi connectivity index (χ1v) is 12.3. The van der Waals surface area contributed by atoms with Gasteiger partial charge in [-0.05, 0) is 43.3 Å². The first kappa shape index (κ1) is 25.6. The van der Waals surface area contributed by atoms with E-state index in [0.29, 0.717) is 6.54 Å². The molecule has 178 valence electrons. The Morgan fingerprint density at radius 2 is 1.21 bits per heavy atom. The van der Waals surface area contributed by atoms with Gasteiger partial charge in [0.2, 0.25) is 0 Å². The second-order valence-corrected chi connectivity index (χ2v) is 9.04. The van der Waals surface area contributed by atoms with Gasteiger partial charge in [0.05, 0.1) is 6.61 Å². The second kappa shape index (κ2) is 11.9. The van der Waals surface area contributed by atoms with E-state index in [0.717, 1.165) is 17.1 Å². The Morgan fingerprint density at radius 3 is 1.62 bits per heavy atom. The number of esters is 1. The van der Waals surface area contributed by atoms with E-state index in [1.165, 1.54) is 6.92 Å². The molecule has 0 saturated heterocycles. The van der Waals surface area contributed by atoms with Crippen molar-refractivity contribution in [2.75, 3.05) is 26.4 Å². The van der Waals surface area contributed by atoms with E-state index >= 15 is 0 Å². The molecule has 7 nitrogen and oxygen atoms in total. The Bertz CT molecular complexity index is 1030. The van der Waals surface area contributed by atoms with Gasteiger partial charge in [-0.15, -0.1) is 0 Å². The van der Waals surface area contributed by atoms with E-state index in [9.17, 15) is 14.3 Å². The summed E-state index contributed by atoms with van der Waals surface area (Å²) in [5.74, 6) is -0.590. The van der Waals surface area contributed by atoms with Gasteiger partial charge in [0.25, 0.3) is 0 Å². The zero-order valence-electron chi connectivity index (χ0n) is 19.1. The van der Waals surface area contributed by atoms with E-state index < -0.39 is 13.8 Å². The predicted octanol–water partition coefficient (Wildman–Crippen LogP) is 5.91. The molecule has 0 aromatic heterocycles. The van der Waals surface area contributed by atoms with Crippen molar-refractivity contribution in [1.29, 1.82) is 0 Å². The van der Waals surface area contributed by atoms with E-state index in [1.54, 1.807) is 0 Å². The number of hydrogen-bond donors (Lipinski definition) is 1. The molecule has 0 amide bonds. The van der Waals surface area contributed by atoms with Crippen molar-refractivity contribution in [2.24, 2.45) is 0 Å². The van der Waals surface area contributed by atoms with Gasteiger partial charge in [-0.3, -0.25) is 9.05 Å². The summed E-state index contributed by atoms with van der Waals surface area (Å²) in [5.41, 5.74) is 3.16. The summed E-state index contributed by atoms with van der Waals surface area (Å²) in [6, 6.07) is 29.7. The molecule has 1 atom stereocenters. The maximum Gasteiger partial charge on any atom is 0.472 e. The SMILES string of the molecule is C=C(C)C(=O)OCCOP(=O)(O)OCC[N+](c1ccccc1)(c1ccccc1)c1ccccc1. The number of nitrogens with zero attached hydrogens (tertiary/aromatic N) is 1. The highest BCUT2D eigenvalue weighted by atomic mass is 31.2. The minimum Gasteiger partial charge on any atom is -0.460 e. The van der Waals surface area contributed by atoms with Gasteiger partial charge in [0.15, 0.2) is 0 Å². The van der Waals surface area contributed by atoms with Crippen LogP contribution < -0.4 is 4.48 Å². The highest BCUT2D eigenvalue weighted by molar-refractivity contribution is 7.47. The van der Waals surface area contributed by atoms with Gasteiger partial charge in [-0.25, -0.2) is 13.8 Å². The van der Waals surface area contributed by atoms with Crippen LogP contribution in [0.3, 0.4) is 0 Å². The lowest BCUT2D eigenvalue weighted by molar-refractivity contribution is -0.139. The lowest BCUT2D eigenvalue weighted by atomic mass is 10.1. The third-order valence-corrected chi connectivity index (χ3v) is 6.21. The van der Waals surface area contributed by atoms with Crippen LogP contribution in [-0.2, 0) is 23.1 Å². The van der Waals surface area contributed by atoms with Crippen LogP contribution in [0, 0.1) is 0 Å². The number of rotatable bonds is 12. The number of carbonyl (C=O) groups is 1. The molecule has 0 heterocycles. The van der Waals surface area contributed by atoms with Gasteiger partial charge in [-0.2, -0.15) is 0 Å². The fourth-order valence-corrected chi connectivity index (χ4v) is 4.31. The van der Waals surface area contributed by atoms with Crippen LogP contribution >= 0.6 is 7.82 Å². The van der Waals surface area contributed by atoms with Crippen molar-refractivity contribution in [2.45, 2.75) is 6.92 Å². The van der Waals surface area contributed by atoms with Crippen LogP contribution in [-0.4, -0.2) is 37.2 Å². The molecule has 0 fully saturated rings. The van der Waals surface area contributed by atoms with E-state index in [-0.39, 0.29) is 29.9 Å². The van der Waals surface area contributed by atoms with Gasteiger partial charge >= 0.3 is 13.8 Å². The number of phosphoric acid groups is 1. The van der Waals surface area contributed by atoms with Crippen molar-refractivity contribution in [3.8, 4) is 0 Å². The molecule has 34 heavy (non-hydrogen) atoms. The number of hydrogen-bond acceptors (Lipinski definition) is 5. The molecule has 0 bridgehead atoms. The Balaban J connectivity index is 1.80. The van der Waals surface area contributed by atoms with Crippen LogP contribution in [0.5, 0.6) is 0 Å². The normalized spacial score (nSPS) is 13.1. The fraction of sp³-hybridized carbons (Fsp3) is 0.192. The monoisotopic (exact) mass is 482 g/mol. The summed E-state index contributed by atoms with van der Waals surface area (Å²) in [7, 11) is -4.36. The summed E-state index contributed by atoms with van der Waals surface area (Å²) in [6.07, 6.45) is 0. The van der Waals surface area contributed by atoms with Crippen LogP contribution in [0.15, 0.2) is 103 Å². The van der Waals surface area contributed by atoms with Gasteiger partial charge in [0.1, 0.15) is 36.8 Å². The average molecular weight is 482 g/mol. The molecule has 3 aromatic carbocycles. The topological polar surface area (TPSA) is 82.1 Å². The third-order valence-electron chi connectivity index (χ3n) is 5.19. The average Bonchev–Trinajstić information content (AvgIpc) is 2.86. The molecule has 8 heteroatoms. The van der Waals surface area contributed by atoms with Crippen molar-refractivity contribution in [3.05, 3.63) is 103 Å². The highest BCUT2D eigenvalue weighted by Crippen LogP contribution is 2.46. The molecule has 0 aliphatic rings. The summed E-state index contributed by atoms with van der Waals surface area (Å²) in [5, 5.41) is 0. The largest absolute Gasteiger partial charge is 0.472 e. The summed E-state index contributed by atoms with van der Waals surface area (Å²) in [6.45, 7) is 4.79. The second-order valence-electron chi connectivity index (χ2n) is 7.59. The molecule has 1 N–H and O–H groups in total. The van der Waals surface area contributed by atoms with E-state index in [4.69, 9.17) is 13.8 Å². The molecule has 0 aliphatic heterocycles. The molecular formula is C26H29NO6P+. The fourth-order valence-electron chi connectivity index (χ4n) is 3.62. The Morgan fingerprint density at radius 1 is 0.794 bits per heavy atom. The van der Waals surface area contributed by atoms with E-state index in [1.807, 2.05) is 91.0 Å². The molecule has 0 saturated carbocycles. The maximum absolute atomic E-state index is 12.4. The van der Waals surface area contributed by atoms with Crippen LogP contribution in [0.25, 0.3) is 0 Å². The van der Waals surface area contributed by atoms with Crippen molar-refractivity contribution >= 4 is 30.9 Å². The summed E-state index contributed by atoms with van der Waals surface area (Å²) >= 11 is 0. The highest BCUT2D eigenvalue weighted by Gasteiger charge is 2.37. The standard InChI is InChI=1S/C26H28NO6P/c1-22(2)26(28)31-20-21-33-34(29,30)32-19-18-27(23-12-6-3-7-13-23,24-14-8-4-9-15-24)25-16-10-5-11-17-25/h3-17H,1,18-21H2,2H3/p+1. The number of carbonyl (C=O) groups excluding carboxylic acids is 1. The van der Waals surface area contributed by atoms with Crippen LogP contribution in [0.2, 0.25) is 0 Å². The van der Waals surface area contributed by atoms with Crippen molar-refractivity contribution in [1.82, 2.24) is 4.48 Å². The molecule has 3 rings (SSSR count). The van der Waals surface area contributed by atoms with Crippen LogP contribution in [0.1, 0.15) is 6.92 Å². The zero-order valence-corrected chi connectivity index (χ0v) is 20.0. The minimum absolute atomic E-state index is 0.0714. The number of benzene rings is 3. The van der Waals surface area contributed by atoms with Crippen molar-refractivity contribution in [3.63, 3.8) is 0 Å². The minimum atomic E-state index is -4.36. The molecule has 1 unspecified atom stereocenters. The van der Waals surface area contributed by atoms with Gasteiger partial charge < -0.3 is 9.63 Å². The third kappa shape index (κ3) is 6.50. The summed E-state index contributed by atoms with van der Waals surface area (Å²) in [4.78, 5) is 21.6.